The predicted octanol–water partition coefficient (Wildman–Crippen LogP) is 2.00. The quantitative estimate of drug-likeness (QED) is 0.588. The van der Waals surface area contributed by atoms with Gasteiger partial charge in [0.05, 0.1) is 30.1 Å². The standard InChI is InChI=1S/C17H20N2O5S/c1-3-23-13-7-5-12(6-8-13)18-14(20)10-19-15(21)11-25-16(19)9-17(22)24-4-2/h5-9H,3-4,10-11H2,1-2H3,(H,18,20)/b16-9+. The summed E-state index contributed by atoms with van der Waals surface area (Å²) in [6, 6.07) is 6.95. The number of carbonyl (C=O) groups is 3. The Balaban J connectivity index is 1.97. The number of ether oxygens (including phenoxy) is 2. The van der Waals surface area contributed by atoms with Crippen LogP contribution in [0.3, 0.4) is 0 Å². The summed E-state index contributed by atoms with van der Waals surface area (Å²) in [4.78, 5) is 37.0. The predicted molar refractivity (Wildman–Crippen MR) is 95.1 cm³/mol. The molecule has 1 N–H and O–H groups in total. The lowest BCUT2D eigenvalue weighted by Gasteiger charge is -2.16. The van der Waals surface area contributed by atoms with Crippen molar-refractivity contribution in [1.29, 1.82) is 0 Å². The van der Waals surface area contributed by atoms with Gasteiger partial charge >= 0.3 is 5.97 Å². The van der Waals surface area contributed by atoms with Crippen molar-refractivity contribution in [2.24, 2.45) is 0 Å². The molecule has 134 valence electrons. The van der Waals surface area contributed by atoms with E-state index in [0.717, 1.165) is 0 Å². The summed E-state index contributed by atoms with van der Waals surface area (Å²) in [7, 11) is 0. The van der Waals surface area contributed by atoms with E-state index in [0.29, 0.717) is 23.1 Å². The Bertz CT molecular complexity index is 672. The Morgan fingerprint density at radius 1 is 1.24 bits per heavy atom. The highest BCUT2D eigenvalue weighted by atomic mass is 32.2. The number of anilines is 1. The molecule has 25 heavy (non-hydrogen) atoms. The minimum atomic E-state index is -0.531. The highest BCUT2D eigenvalue weighted by Gasteiger charge is 2.29. The van der Waals surface area contributed by atoms with Gasteiger partial charge in [0.2, 0.25) is 11.8 Å². The first-order valence-corrected chi connectivity index (χ1v) is 8.86. The first-order valence-electron chi connectivity index (χ1n) is 7.87. The van der Waals surface area contributed by atoms with E-state index in [1.165, 1.54) is 22.7 Å². The lowest BCUT2D eigenvalue weighted by molar-refractivity contribution is -0.137. The third-order valence-electron chi connectivity index (χ3n) is 3.19. The van der Waals surface area contributed by atoms with Gasteiger partial charge in [-0.2, -0.15) is 0 Å². The van der Waals surface area contributed by atoms with E-state index in [1.54, 1.807) is 31.2 Å². The van der Waals surface area contributed by atoms with Gasteiger partial charge < -0.3 is 14.8 Å². The van der Waals surface area contributed by atoms with Crippen molar-refractivity contribution in [3.8, 4) is 5.75 Å². The van der Waals surface area contributed by atoms with Crippen LogP contribution in [0.1, 0.15) is 13.8 Å². The maximum absolute atomic E-state index is 12.2. The second-order valence-electron chi connectivity index (χ2n) is 5.01. The first-order chi connectivity index (χ1) is 12.0. The topological polar surface area (TPSA) is 84.9 Å². The van der Waals surface area contributed by atoms with Crippen molar-refractivity contribution in [3.05, 3.63) is 35.4 Å². The molecule has 0 aliphatic carbocycles. The van der Waals surface area contributed by atoms with Gasteiger partial charge in [0.1, 0.15) is 12.3 Å². The van der Waals surface area contributed by atoms with Crippen molar-refractivity contribution in [3.63, 3.8) is 0 Å². The van der Waals surface area contributed by atoms with Gasteiger partial charge in [-0.1, -0.05) is 11.8 Å². The van der Waals surface area contributed by atoms with Crippen LogP contribution in [-0.2, 0) is 19.1 Å². The molecule has 0 saturated carbocycles. The van der Waals surface area contributed by atoms with E-state index in [9.17, 15) is 14.4 Å². The van der Waals surface area contributed by atoms with Crippen LogP contribution in [0.2, 0.25) is 0 Å². The summed E-state index contributed by atoms with van der Waals surface area (Å²) in [5, 5.41) is 3.14. The smallest absolute Gasteiger partial charge is 0.333 e. The third kappa shape index (κ3) is 5.53. The largest absolute Gasteiger partial charge is 0.494 e. The van der Waals surface area contributed by atoms with Gasteiger partial charge in [-0.25, -0.2) is 4.79 Å². The molecule has 0 spiro atoms. The average molecular weight is 364 g/mol. The van der Waals surface area contributed by atoms with Gasteiger partial charge in [0.15, 0.2) is 0 Å². The summed E-state index contributed by atoms with van der Waals surface area (Å²) >= 11 is 1.21. The molecule has 1 aliphatic heterocycles. The lowest BCUT2D eigenvalue weighted by Crippen LogP contribution is -2.34. The first kappa shape index (κ1) is 18.9. The molecule has 1 aromatic carbocycles. The van der Waals surface area contributed by atoms with Gasteiger partial charge in [-0.3, -0.25) is 14.5 Å². The van der Waals surface area contributed by atoms with E-state index in [4.69, 9.17) is 9.47 Å². The van der Waals surface area contributed by atoms with Crippen LogP contribution in [0.4, 0.5) is 5.69 Å². The van der Waals surface area contributed by atoms with Crippen LogP contribution in [0.15, 0.2) is 35.4 Å². The highest BCUT2D eigenvalue weighted by molar-refractivity contribution is 8.04. The Hall–Kier alpha value is -2.48. The van der Waals surface area contributed by atoms with E-state index >= 15 is 0 Å². The number of hydrogen-bond donors (Lipinski definition) is 1. The van der Waals surface area contributed by atoms with Gasteiger partial charge in [-0.05, 0) is 38.1 Å². The average Bonchev–Trinajstić information content (AvgIpc) is 2.90. The summed E-state index contributed by atoms with van der Waals surface area (Å²) in [6.45, 7) is 4.24. The minimum absolute atomic E-state index is 0.162. The molecule has 0 atom stereocenters. The fourth-order valence-corrected chi connectivity index (χ4v) is 3.06. The molecular formula is C17H20N2O5S. The highest BCUT2D eigenvalue weighted by Crippen LogP contribution is 2.28. The van der Waals surface area contributed by atoms with Crippen LogP contribution >= 0.6 is 11.8 Å². The number of carbonyl (C=O) groups excluding carboxylic acids is 3. The zero-order chi connectivity index (χ0) is 18.2. The second-order valence-corrected chi connectivity index (χ2v) is 6.00. The Morgan fingerprint density at radius 3 is 2.60 bits per heavy atom. The van der Waals surface area contributed by atoms with Crippen molar-refractivity contribution >= 4 is 35.2 Å². The molecule has 1 heterocycles. The normalized spacial score (nSPS) is 15.4. The Kier molecular flexibility index (Phi) is 6.88. The fraction of sp³-hybridized carbons (Fsp3) is 0.353. The Labute approximate surface area is 150 Å². The summed E-state index contributed by atoms with van der Waals surface area (Å²) in [6.07, 6.45) is 1.24. The third-order valence-corrected chi connectivity index (χ3v) is 4.21. The van der Waals surface area contributed by atoms with Crippen LogP contribution < -0.4 is 10.1 Å². The molecule has 1 saturated heterocycles. The van der Waals surface area contributed by atoms with Crippen molar-refractivity contribution in [2.75, 3.05) is 30.8 Å². The zero-order valence-electron chi connectivity index (χ0n) is 14.1. The Morgan fingerprint density at radius 2 is 1.96 bits per heavy atom. The monoisotopic (exact) mass is 364 g/mol. The van der Waals surface area contributed by atoms with Crippen LogP contribution in [0.25, 0.3) is 0 Å². The maximum atomic E-state index is 12.2. The molecule has 2 amide bonds. The van der Waals surface area contributed by atoms with Gasteiger partial charge in [0, 0.05) is 5.69 Å². The van der Waals surface area contributed by atoms with Gasteiger partial charge in [0.25, 0.3) is 0 Å². The lowest BCUT2D eigenvalue weighted by atomic mass is 10.3. The minimum Gasteiger partial charge on any atom is -0.494 e. The number of hydrogen-bond acceptors (Lipinski definition) is 6. The molecule has 0 aromatic heterocycles. The summed E-state index contributed by atoms with van der Waals surface area (Å²) < 4.78 is 10.2. The molecule has 1 aliphatic rings. The molecule has 2 rings (SSSR count). The SMILES string of the molecule is CCOC(=O)/C=C1/SCC(=O)N1CC(=O)Nc1ccc(OCC)cc1. The molecular weight excluding hydrogens is 344 g/mol. The fourth-order valence-electron chi connectivity index (χ4n) is 2.13. The number of nitrogens with zero attached hydrogens (tertiary/aromatic N) is 1. The molecule has 0 radical (unpaired) electrons. The number of esters is 1. The zero-order valence-corrected chi connectivity index (χ0v) is 14.9. The van der Waals surface area contributed by atoms with E-state index in [1.807, 2.05) is 6.92 Å². The number of amides is 2. The van der Waals surface area contributed by atoms with Crippen LogP contribution in [0, 0.1) is 0 Å². The number of benzene rings is 1. The number of thioether (sulfide) groups is 1. The molecule has 1 aromatic rings. The molecule has 0 bridgehead atoms. The van der Waals surface area contributed by atoms with Crippen molar-refractivity contribution in [1.82, 2.24) is 4.90 Å². The van der Waals surface area contributed by atoms with Crippen LogP contribution in [-0.4, -0.2) is 48.2 Å². The van der Waals surface area contributed by atoms with Crippen molar-refractivity contribution < 1.29 is 23.9 Å². The second kappa shape index (κ2) is 9.12. The number of nitrogens with one attached hydrogen (secondary N) is 1. The molecule has 1 fully saturated rings. The van der Waals surface area contributed by atoms with Crippen molar-refractivity contribution in [2.45, 2.75) is 13.8 Å². The molecule has 8 heteroatoms. The van der Waals surface area contributed by atoms with E-state index < -0.39 is 5.97 Å². The van der Waals surface area contributed by atoms with Crippen LogP contribution in [0.5, 0.6) is 5.75 Å². The number of rotatable bonds is 7. The van der Waals surface area contributed by atoms with Gasteiger partial charge in [-0.15, -0.1) is 0 Å². The molecule has 0 unspecified atom stereocenters. The van der Waals surface area contributed by atoms with E-state index in [-0.39, 0.29) is 30.7 Å². The molecule has 7 nitrogen and oxygen atoms in total. The summed E-state index contributed by atoms with van der Waals surface area (Å²) in [5.74, 6) is -0.193. The summed E-state index contributed by atoms with van der Waals surface area (Å²) in [5.41, 5.74) is 0.601. The van der Waals surface area contributed by atoms with E-state index in [2.05, 4.69) is 5.32 Å². The maximum Gasteiger partial charge on any atom is 0.333 e.